The summed E-state index contributed by atoms with van der Waals surface area (Å²) < 4.78 is 5.63. The summed E-state index contributed by atoms with van der Waals surface area (Å²) >= 11 is 5.91. The number of halogens is 1. The number of aryl methyl sites for hydroxylation is 1. The first-order chi connectivity index (χ1) is 15.2. The number of hydrogen-bond acceptors (Lipinski definition) is 5. The van der Waals surface area contributed by atoms with E-state index in [-0.39, 0.29) is 12.3 Å². The van der Waals surface area contributed by atoms with Gasteiger partial charge in [-0.25, -0.2) is 4.79 Å². The number of amides is 5. The molecule has 1 aliphatic carbocycles. The van der Waals surface area contributed by atoms with Gasteiger partial charge in [0, 0.05) is 18.5 Å². The maximum absolute atomic E-state index is 12.9. The molecule has 2 N–H and O–H groups in total. The number of hydrazine groups is 1. The highest BCUT2D eigenvalue weighted by Crippen LogP contribution is 2.39. The van der Waals surface area contributed by atoms with Crippen LogP contribution in [0.2, 0.25) is 5.02 Å². The number of nitrogens with zero attached hydrogens (tertiary/aromatic N) is 2. The second-order valence-electron chi connectivity index (χ2n) is 8.28. The van der Waals surface area contributed by atoms with Gasteiger partial charge in [-0.1, -0.05) is 30.9 Å². The molecule has 10 heteroatoms. The number of hydrogen-bond donors (Lipinski definition) is 2. The van der Waals surface area contributed by atoms with Gasteiger partial charge in [0.05, 0.1) is 6.61 Å². The molecule has 0 bridgehead atoms. The molecule has 1 spiro atoms. The summed E-state index contributed by atoms with van der Waals surface area (Å²) in [6.07, 6.45) is 4.59. The van der Waals surface area contributed by atoms with Crippen LogP contribution in [0.15, 0.2) is 18.2 Å². The lowest BCUT2D eigenvalue weighted by atomic mass is 9.81. The third-order valence-corrected chi connectivity index (χ3v) is 6.30. The Balaban J connectivity index is 1.39. The van der Waals surface area contributed by atoms with Gasteiger partial charge in [0.25, 0.3) is 11.8 Å². The van der Waals surface area contributed by atoms with Crippen molar-refractivity contribution in [2.24, 2.45) is 0 Å². The zero-order valence-electron chi connectivity index (χ0n) is 18.4. The SMILES string of the molecule is Cc1cc(Cl)ccc1OCCCC(=O)NNC(=O)CN1C(=O)N(C)C2(CCCCC2)C1=O. The van der Waals surface area contributed by atoms with Crippen molar-refractivity contribution in [2.45, 2.75) is 57.4 Å². The number of carbonyl (C=O) groups excluding carboxylic acids is 4. The Morgan fingerprint density at radius 1 is 1.12 bits per heavy atom. The number of nitrogens with one attached hydrogen (secondary N) is 2. The van der Waals surface area contributed by atoms with Crippen molar-refractivity contribution in [1.82, 2.24) is 20.7 Å². The lowest BCUT2D eigenvalue weighted by molar-refractivity contribution is -0.138. The zero-order valence-corrected chi connectivity index (χ0v) is 19.2. The third kappa shape index (κ3) is 5.15. The molecule has 1 aromatic carbocycles. The Morgan fingerprint density at radius 3 is 2.50 bits per heavy atom. The van der Waals surface area contributed by atoms with E-state index < -0.39 is 29.9 Å². The van der Waals surface area contributed by atoms with E-state index in [2.05, 4.69) is 10.9 Å². The number of likely N-dealkylation sites (N-methyl/N-ethyl adjacent to an activating group) is 1. The fraction of sp³-hybridized carbons (Fsp3) is 0.545. The number of urea groups is 1. The summed E-state index contributed by atoms with van der Waals surface area (Å²) in [6, 6.07) is 4.82. The Kier molecular flexibility index (Phi) is 7.60. The van der Waals surface area contributed by atoms with Gasteiger partial charge in [-0.2, -0.15) is 0 Å². The van der Waals surface area contributed by atoms with Crippen LogP contribution in [0.3, 0.4) is 0 Å². The lowest BCUT2D eigenvalue weighted by Gasteiger charge is -2.35. The maximum atomic E-state index is 12.9. The molecule has 1 aromatic rings. The van der Waals surface area contributed by atoms with Crippen LogP contribution in [0.1, 0.15) is 50.5 Å². The molecule has 0 unspecified atom stereocenters. The molecular weight excluding hydrogens is 436 g/mol. The first-order valence-corrected chi connectivity index (χ1v) is 11.2. The van der Waals surface area contributed by atoms with Gasteiger partial charge in [-0.15, -0.1) is 0 Å². The topological polar surface area (TPSA) is 108 Å². The summed E-state index contributed by atoms with van der Waals surface area (Å²) in [5.41, 5.74) is 4.66. The van der Waals surface area contributed by atoms with Crippen molar-refractivity contribution in [3.05, 3.63) is 28.8 Å². The highest BCUT2D eigenvalue weighted by molar-refractivity contribution is 6.30. The van der Waals surface area contributed by atoms with E-state index in [1.807, 2.05) is 6.92 Å². The van der Waals surface area contributed by atoms with Crippen molar-refractivity contribution in [1.29, 1.82) is 0 Å². The van der Waals surface area contributed by atoms with Crippen LogP contribution in [0, 0.1) is 6.92 Å². The van der Waals surface area contributed by atoms with Gasteiger partial charge in [-0.3, -0.25) is 30.1 Å². The van der Waals surface area contributed by atoms with Gasteiger partial charge in [0.1, 0.15) is 17.8 Å². The highest BCUT2D eigenvalue weighted by atomic mass is 35.5. The second-order valence-corrected chi connectivity index (χ2v) is 8.72. The number of carbonyl (C=O) groups is 4. The minimum Gasteiger partial charge on any atom is -0.493 e. The number of benzene rings is 1. The predicted molar refractivity (Wildman–Crippen MR) is 118 cm³/mol. The van der Waals surface area contributed by atoms with Gasteiger partial charge >= 0.3 is 6.03 Å². The van der Waals surface area contributed by atoms with Crippen molar-refractivity contribution in [3.63, 3.8) is 0 Å². The van der Waals surface area contributed by atoms with Crippen LogP contribution in [0.5, 0.6) is 5.75 Å². The molecule has 1 heterocycles. The molecule has 174 valence electrons. The smallest absolute Gasteiger partial charge is 0.327 e. The average Bonchev–Trinajstić information content (AvgIpc) is 2.93. The molecule has 1 saturated heterocycles. The van der Waals surface area contributed by atoms with Crippen LogP contribution in [-0.2, 0) is 14.4 Å². The zero-order chi connectivity index (χ0) is 23.3. The molecular formula is C22H29ClN4O5. The number of rotatable bonds is 7. The molecule has 2 fully saturated rings. The predicted octanol–water partition coefficient (Wildman–Crippen LogP) is 2.55. The summed E-state index contributed by atoms with van der Waals surface area (Å²) in [6.45, 7) is 1.78. The molecule has 1 aliphatic heterocycles. The van der Waals surface area contributed by atoms with Crippen molar-refractivity contribution in [3.8, 4) is 5.75 Å². The number of ether oxygens (including phenoxy) is 1. The van der Waals surface area contributed by atoms with Gasteiger partial charge in [-0.05, 0) is 49.9 Å². The van der Waals surface area contributed by atoms with Gasteiger partial charge in [0.2, 0.25) is 5.91 Å². The van der Waals surface area contributed by atoms with Crippen molar-refractivity contribution in [2.75, 3.05) is 20.2 Å². The minimum absolute atomic E-state index is 0.139. The van der Waals surface area contributed by atoms with Crippen molar-refractivity contribution < 1.29 is 23.9 Å². The van der Waals surface area contributed by atoms with E-state index in [1.54, 1.807) is 25.2 Å². The van der Waals surface area contributed by atoms with Crippen LogP contribution < -0.4 is 15.6 Å². The van der Waals surface area contributed by atoms with Crippen molar-refractivity contribution >= 4 is 35.4 Å². The highest BCUT2D eigenvalue weighted by Gasteiger charge is 2.55. The normalized spacial score (nSPS) is 17.6. The fourth-order valence-corrected chi connectivity index (χ4v) is 4.47. The molecule has 0 radical (unpaired) electrons. The van der Waals surface area contributed by atoms with Crippen LogP contribution in [0.4, 0.5) is 4.79 Å². The minimum atomic E-state index is -0.832. The standard InChI is InChI=1S/C22H29ClN4O5/c1-15-13-16(23)8-9-17(15)32-12-6-7-18(28)24-25-19(29)14-27-20(30)22(26(2)21(27)31)10-4-3-5-11-22/h8-9,13H,3-7,10-12,14H2,1-2H3,(H,24,28)(H,25,29). The largest absolute Gasteiger partial charge is 0.493 e. The first kappa shape index (κ1) is 23.8. The first-order valence-electron chi connectivity index (χ1n) is 10.8. The number of imide groups is 1. The molecule has 3 rings (SSSR count). The van der Waals surface area contributed by atoms with Gasteiger partial charge < -0.3 is 9.64 Å². The van der Waals surface area contributed by atoms with E-state index in [4.69, 9.17) is 16.3 Å². The molecule has 32 heavy (non-hydrogen) atoms. The van der Waals surface area contributed by atoms with Crippen LogP contribution in [0.25, 0.3) is 0 Å². The molecule has 9 nitrogen and oxygen atoms in total. The van der Waals surface area contributed by atoms with E-state index >= 15 is 0 Å². The molecule has 5 amide bonds. The Labute approximate surface area is 192 Å². The average molecular weight is 465 g/mol. The van der Waals surface area contributed by atoms with E-state index in [0.29, 0.717) is 36.6 Å². The van der Waals surface area contributed by atoms with E-state index in [0.717, 1.165) is 29.7 Å². The fourth-order valence-electron chi connectivity index (χ4n) is 4.25. The van der Waals surface area contributed by atoms with Crippen LogP contribution in [-0.4, -0.2) is 59.3 Å². The Bertz CT molecular complexity index is 900. The molecule has 0 aromatic heterocycles. The molecule has 0 atom stereocenters. The van der Waals surface area contributed by atoms with Crippen LogP contribution >= 0.6 is 11.6 Å². The summed E-state index contributed by atoms with van der Waals surface area (Å²) in [5, 5.41) is 0.628. The third-order valence-electron chi connectivity index (χ3n) is 6.07. The molecule has 2 aliphatic rings. The quantitative estimate of drug-likeness (QED) is 0.366. The second kappa shape index (κ2) is 10.2. The van der Waals surface area contributed by atoms with Gasteiger partial charge in [0.15, 0.2) is 0 Å². The maximum Gasteiger partial charge on any atom is 0.327 e. The Hall–Kier alpha value is -2.81. The van der Waals surface area contributed by atoms with E-state index in [9.17, 15) is 19.2 Å². The monoisotopic (exact) mass is 464 g/mol. The van der Waals surface area contributed by atoms with E-state index in [1.165, 1.54) is 4.90 Å². The summed E-state index contributed by atoms with van der Waals surface area (Å²) in [5.74, 6) is -0.659. The lowest BCUT2D eigenvalue weighted by Crippen LogP contribution is -2.50. The molecule has 1 saturated carbocycles. The summed E-state index contributed by atoms with van der Waals surface area (Å²) in [7, 11) is 1.61. The Morgan fingerprint density at radius 2 is 1.81 bits per heavy atom. The summed E-state index contributed by atoms with van der Waals surface area (Å²) in [4.78, 5) is 52.1.